The molecule has 1 aromatic heterocycles. The third kappa shape index (κ3) is 3.83. The lowest BCUT2D eigenvalue weighted by molar-refractivity contribution is -0.135. The van der Waals surface area contributed by atoms with Crippen LogP contribution in [0.4, 0.5) is 0 Å². The molecule has 0 radical (unpaired) electrons. The summed E-state index contributed by atoms with van der Waals surface area (Å²) in [6, 6.07) is 1.75. The molecule has 7 heteroatoms. The molecule has 0 bridgehead atoms. The highest BCUT2D eigenvalue weighted by atomic mass is 79.9. The van der Waals surface area contributed by atoms with Gasteiger partial charge in [-0.15, -0.1) is 0 Å². The van der Waals surface area contributed by atoms with E-state index in [2.05, 4.69) is 21.2 Å². The maximum atomic E-state index is 11.9. The van der Waals surface area contributed by atoms with Crippen molar-refractivity contribution in [3.05, 3.63) is 22.4 Å². The van der Waals surface area contributed by atoms with Crippen LogP contribution in [-0.4, -0.2) is 54.1 Å². The van der Waals surface area contributed by atoms with Gasteiger partial charge in [0.05, 0.1) is 13.2 Å². The van der Waals surface area contributed by atoms with Crippen LogP contribution in [0.1, 0.15) is 16.9 Å². The van der Waals surface area contributed by atoms with Gasteiger partial charge in [0.25, 0.3) is 5.91 Å². The molecule has 2 amide bonds. The summed E-state index contributed by atoms with van der Waals surface area (Å²) in [6.07, 6.45) is 2.13. The predicted molar refractivity (Wildman–Crippen MR) is 77.5 cm³/mol. The second-order valence-corrected chi connectivity index (χ2v) is 5.57. The van der Waals surface area contributed by atoms with Crippen molar-refractivity contribution in [3.8, 4) is 0 Å². The predicted octanol–water partition coefficient (Wildman–Crippen LogP) is 0.766. The minimum absolute atomic E-state index is 0.0571. The van der Waals surface area contributed by atoms with E-state index < -0.39 is 0 Å². The number of nitrogens with zero attached hydrogens (tertiary/aromatic N) is 2. The highest BCUT2D eigenvalue weighted by molar-refractivity contribution is 9.10. The Morgan fingerprint density at radius 3 is 2.70 bits per heavy atom. The molecule has 1 aliphatic heterocycles. The van der Waals surface area contributed by atoms with Gasteiger partial charge in [-0.25, -0.2) is 0 Å². The standard InChI is InChI=1S/C13H18BrN3O3/c1-16-9-10(14)8-11(16)13(19)15-3-2-12(18)17-4-6-20-7-5-17/h8-9H,2-7H2,1H3,(H,15,19). The Kier molecular flexibility index (Phi) is 5.19. The van der Waals surface area contributed by atoms with Crippen molar-refractivity contribution in [2.45, 2.75) is 6.42 Å². The van der Waals surface area contributed by atoms with E-state index in [9.17, 15) is 9.59 Å². The molecule has 0 aromatic carbocycles. The number of nitrogens with one attached hydrogen (secondary N) is 1. The zero-order chi connectivity index (χ0) is 14.5. The fourth-order valence-electron chi connectivity index (χ4n) is 2.09. The third-order valence-electron chi connectivity index (χ3n) is 3.19. The van der Waals surface area contributed by atoms with Gasteiger partial charge < -0.3 is 19.5 Å². The SMILES string of the molecule is Cn1cc(Br)cc1C(=O)NCCC(=O)N1CCOCC1. The number of aromatic nitrogens is 1. The smallest absolute Gasteiger partial charge is 0.267 e. The lowest BCUT2D eigenvalue weighted by Gasteiger charge is -2.26. The van der Waals surface area contributed by atoms with Gasteiger partial charge in [0.2, 0.25) is 5.91 Å². The van der Waals surface area contributed by atoms with E-state index in [0.29, 0.717) is 45.0 Å². The first-order valence-electron chi connectivity index (χ1n) is 6.53. The quantitative estimate of drug-likeness (QED) is 0.878. The molecule has 1 saturated heterocycles. The monoisotopic (exact) mass is 343 g/mol. The molecule has 1 aromatic rings. The van der Waals surface area contributed by atoms with E-state index in [1.807, 2.05) is 6.20 Å². The van der Waals surface area contributed by atoms with Crippen molar-refractivity contribution in [1.82, 2.24) is 14.8 Å². The average Bonchev–Trinajstić information content (AvgIpc) is 2.78. The molecule has 1 fully saturated rings. The van der Waals surface area contributed by atoms with Crippen LogP contribution in [-0.2, 0) is 16.6 Å². The van der Waals surface area contributed by atoms with Crippen LogP contribution in [0.15, 0.2) is 16.7 Å². The first-order valence-corrected chi connectivity index (χ1v) is 7.33. The van der Waals surface area contributed by atoms with E-state index in [1.54, 1.807) is 22.6 Å². The number of hydrogen-bond acceptors (Lipinski definition) is 3. The maximum Gasteiger partial charge on any atom is 0.267 e. The number of carbonyl (C=O) groups is 2. The van der Waals surface area contributed by atoms with Crippen molar-refractivity contribution >= 4 is 27.7 Å². The molecule has 0 unspecified atom stereocenters. The number of carbonyl (C=O) groups excluding carboxylic acids is 2. The van der Waals surface area contributed by atoms with Crippen LogP contribution in [0.5, 0.6) is 0 Å². The molecule has 6 nitrogen and oxygen atoms in total. The Morgan fingerprint density at radius 1 is 1.40 bits per heavy atom. The summed E-state index contributed by atoms with van der Waals surface area (Å²) in [5.74, 6) is -0.116. The number of morpholine rings is 1. The Bertz CT molecular complexity index is 495. The Morgan fingerprint density at radius 2 is 2.10 bits per heavy atom. The number of amides is 2. The molecule has 2 rings (SSSR count). The summed E-state index contributed by atoms with van der Waals surface area (Å²) in [5.41, 5.74) is 0.565. The van der Waals surface area contributed by atoms with Crippen molar-refractivity contribution in [1.29, 1.82) is 0 Å². The molecule has 0 aliphatic carbocycles. The number of hydrogen-bond donors (Lipinski definition) is 1. The van der Waals surface area contributed by atoms with E-state index in [-0.39, 0.29) is 11.8 Å². The van der Waals surface area contributed by atoms with Gasteiger partial charge in [-0.1, -0.05) is 0 Å². The summed E-state index contributed by atoms with van der Waals surface area (Å²) >= 11 is 3.32. The van der Waals surface area contributed by atoms with Crippen LogP contribution >= 0.6 is 15.9 Å². The fraction of sp³-hybridized carbons (Fsp3) is 0.538. The highest BCUT2D eigenvalue weighted by Crippen LogP contribution is 2.13. The Balaban J connectivity index is 1.76. The third-order valence-corrected chi connectivity index (χ3v) is 3.63. The van der Waals surface area contributed by atoms with Crippen molar-refractivity contribution < 1.29 is 14.3 Å². The lowest BCUT2D eigenvalue weighted by atomic mass is 10.3. The number of halogens is 1. The molecular weight excluding hydrogens is 326 g/mol. The summed E-state index contributed by atoms with van der Waals surface area (Å²) < 4.78 is 7.79. The van der Waals surface area contributed by atoms with E-state index in [1.165, 1.54) is 0 Å². The van der Waals surface area contributed by atoms with E-state index in [0.717, 1.165) is 4.47 Å². The first kappa shape index (κ1) is 15.1. The summed E-state index contributed by atoms with van der Waals surface area (Å²) in [4.78, 5) is 25.6. The van der Waals surface area contributed by atoms with Gasteiger partial charge in [-0.05, 0) is 22.0 Å². The van der Waals surface area contributed by atoms with Crippen LogP contribution in [0.25, 0.3) is 0 Å². The maximum absolute atomic E-state index is 11.9. The minimum atomic E-state index is -0.173. The van der Waals surface area contributed by atoms with Crippen LogP contribution in [0, 0.1) is 0 Å². The van der Waals surface area contributed by atoms with Gasteiger partial charge in [0.1, 0.15) is 5.69 Å². The molecule has 110 valence electrons. The number of rotatable bonds is 4. The number of aryl methyl sites for hydroxylation is 1. The molecule has 1 N–H and O–H groups in total. The zero-order valence-corrected chi connectivity index (χ0v) is 13.0. The second-order valence-electron chi connectivity index (χ2n) is 4.65. The largest absolute Gasteiger partial charge is 0.378 e. The van der Waals surface area contributed by atoms with Crippen LogP contribution in [0.3, 0.4) is 0 Å². The van der Waals surface area contributed by atoms with Crippen LogP contribution < -0.4 is 5.32 Å². The van der Waals surface area contributed by atoms with Crippen molar-refractivity contribution in [2.24, 2.45) is 7.05 Å². The zero-order valence-electron chi connectivity index (χ0n) is 11.4. The Labute approximate surface area is 126 Å². The first-order chi connectivity index (χ1) is 9.58. The van der Waals surface area contributed by atoms with E-state index in [4.69, 9.17) is 4.74 Å². The molecule has 0 spiro atoms. The topological polar surface area (TPSA) is 63.6 Å². The van der Waals surface area contributed by atoms with Gasteiger partial charge in [0.15, 0.2) is 0 Å². The average molecular weight is 344 g/mol. The van der Waals surface area contributed by atoms with Crippen LogP contribution in [0.2, 0.25) is 0 Å². The minimum Gasteiger partial charge on any atom is -0.378 e. The molecular formula is C13H18BrN3O3. The summed E-state index contributed by atoms with van der Waals surface area (Å²) in [6.45, 7) is 2.80. The van der Waals surface area contributed by atoms with Crippen molar-refractivity contribution in [2.75, 3.05) is 32.8 Å². The lowest BCUT2D eigenvalue weighted by Crippen LogP contribution is -2.42. The number of ether oxygens (including phenoxy) is 1. The molecule has 1 aliphatic rings. The molecule has 0 saturated carbocycles. The fourth-order valence-corrected chi connectivity index (χ4v) is 2.62. The summed E-state index contributed by atoms with van der Waals surface area (Å²) in [5, 5.41) is 2.76. The summed E-state index contributed by atoms with van der Waals surface area (Å²) in [7, 11) is 1.80. The Hall–Kier alpha value is -1.34. The van der Waals surface area contributed by atoms with E-state index >= 15 is 0 Å². The second kappa shape index (κ2) is 6.90. The normalized spacial score (nSPS) is 15.2. The van der Waals surface area contributed by atoms with Gasteiger partial charge in [-0.2, -0.15) is 0 Å². The van der Waals surface area contributed by atoms with Gasteiger partial charge in [0, 0.05) is 43.8 Å². The molecule has 0 atom stereocenters. The molecule has 20 heavy (non-hydrogen) atoms. The van der Waals surface area contributed by atoms with Gasteiger partial charge >= 0.3 is 0 Å². The highest BCUT2D eigenvalue weighted by Gasteiger charge is 2.17. The molecule has 2 heterocycles. The van der Waals surface area contributed by atoms with Gasteiger partial charge in [-0.3, -0.25) is 9.59 Å². The van der Waals surface area contributed by atoms with Crippen molar-refractivity contribution in [3.63, 3.8) is 0 Å².